The third-order valence-corrected chi connectivity index (χ3v) is 4.95. The Morgan fingerprint density at radius 2 is 2.12 bits per heavy atom. The summed E-state index contributed by atoms with van der Waals surface area (Å²) < 4.78 is 25.4. The molecule has 2 unspecified atom stereocenters. The van der Waals surface area contributed by atoms with Gasteiger partial charge in [0.05, 0.1) is 10.8 Å². The third-order valence-electron chi connectivity index (χ3n) is 3.43. The van der Waals surface area contributed by atoms with Crippen LogP contribution in [0.1, 0.15) is 37.3 Å². The molecule has 3 rings (SSSR count). The van der Waals surface area contributed by atoms with Crippen molar-refractivity contribution in [2.45, 2.75) is 42.7 Å². The number of nitrogens with one attached hydrogen (secondary N) is 1. The molecule has 0 amide bonds. The van der Waals surface area contributed by atoms with Gasteiger partial charge in [-0.2, -0.15) is 0 Å². The van der Waals surface area contributed by atoms with E-state index in [1.165, 1.54) is 18.9 Å². The van der Waals surface area contributed by atoms with Crippen LogP contribution in [0.5, 0.6) is 0 Å². The summed E-state index contributed by atoms with van der Waals surface area (Å²) in [5.41, 5.74) is 0.910. The molecule has 0 bridgehead atoms. The predicted molar refractivity (Wildman–Crippen MR) is 65.8 cm³/mol. The van der Waals surface area contributed by atoms with Crippen molar-refractivity contribution >= 4 is 10.8 Å². The van der Waals surface area contributed by atoms with E-state index in [-0.39, 0.29) is 11.9 Å². The lowest BCUT2D eigenvalue weighted by molar-refractivity contribution is 0.486. The molecule has 92 valence electrons. The Bertz CT molecular complexity index is 459. The average Bonchev–Trinajstić information content (AvgIpc) is 3.11. The van der Waals surface area contributed by atoms with E-state index in [1.807, 2.05) is 0 Å². The van der Waals surface area contributed by atoms with E-state index in [9.17, 15) is 8.60 Å². The molecule has 1 aliphatic carbocycles. The molecule has 2 aliphatic rings. The van der Waals surface area contributed by atoms with Crippen LogP contribution in [0.3, 0.4) is 0 Å². The molecule has 0 aromatic heterocycles. The predicted octanol–water partition coefficient (Wildman–Crippen LogP) is 2.52. The number of hydrogen-bond donors (Lipinski definition) is 1. The SMILES string of the molecule is O=S1CCCC(NC2CC2)c2cc(F)ccc21. The summed E-state index contributed by atoms with van der Waals surface area (Å²) in [6.45, 7) is 0. The standard InChI is InChI=1S/C13H16FNOS/c14-9-3-6-13-11(8-9)12(15-10-4-5-10)2-1-7-17(13)16/h3,6,8,10,12,15H,1-2,4-5,7H2. The van der Waals surface area contributed by atoms with Crippen molar-refractivity contribution in [2.75, 3.05) is 5.75 Å². The summed E-state index contributed by atoms with van der Waals surface area (Å²) in [6.07, 6.45) is 4.32. The van der Waals surface area contributed by atoms with Gasteiger partial charge in [-0.15, -0.1) is 0 Å². The van der Waals surface area contributed by atoms with Gasteiger partial charge in [0.25, 0.3) is 0 Å². The number of benzene rings is 1. The zero-order valence-electron chi connectivity index (χ0n) is 9.62. The Morgan fingerprint density at radius 3 is 2.88 bits per heavy atom. The minimum atomic E-state index is -0.963. The molecule has 1 saturated carbocycles. The highest BCUT2D eigenvalue weighted by Gasteiger charge is 2.29. The summed E-state index contributed by atoms with van der Waals surface area (Å²) in [6, 6.07) is 5.42. The van der Waals surface area contributed by atoms with E-state index >= 15 is 0 Å². The van der Waals surface area contributed by atoms with Gasteiger partial charge in [-0.1, -0.05) is 0 Å². The van der Waals surface area contributed by atoms with Crippen LogP contribution in [0.25, 0.3) is 0 Å². The smallest absolute Gasteiger partial charge is 0.123 e. The topological polar surface area (TPSA) is 29.1 Å². The fraction of sp³-hybridized carbons (Fsp3) is 0.538. The average molecular weight is 253 g/mol. The lowest BCUT2D eigenvalue weighted by atomic mass is 10.0. The zero-order chi connectivity index (χ0) is 11.8. The molecule has 2 nitrogen and oxygen atoms in total. The highest BCUT2D eigenvalue weighted by molar-refractivity contribution is 7.85. The maximum atomic E-state index is 13.4. The Morgan fingerprint density at radius 1 is 1.29 bits per heavy atom. The molecule has 0 radical (unpaired) electrons. The zero-order valence-corrected chi connectivity index (χ0v) is 10.4. The minimum Gasteiger partial charge on any atom is -0.307 e. The van der Waals surface area contributed by atoms with Crippen molar-refractivity contribution in [3.63, 3.8) is 0 Å². The molecule has 1 heterocycles. The largest absolute Gasteiger partial charge is 0.307 e. The third kappa shape index (κ3) is 2.43. The van der Waals surface area contributed by atoms with E-state index in [4.69, 9.17) is 0 Å². The molecule has 0 spiro atoms. The highest BCUT2D eigenvalue weighted by Crippen LogP contribution is 2.33. The van der Waals surface area contributed by atoms with Crippen molar-refractivity contribution in [1.82, 2.24) is 5.32 Å². The van der Waals surface area contributed by atoms with Crippen LogP contribution in [0.2, 0.25) is 0 Å². The van der Waals surface area contributed by atoms with E-state index in [0.717, 1.165) is 23.3 Å². The fourth-order valence-electron chi connectivity index (χ4n) is 2.39. The summed E-state index contributed by atoms with van der Waals surface area (Å²) in [5, 5.41) is 3.54. The number of hydrogen-bond acceptors (Lipinski definition) is 2. The molecular weight excluding hydrogens is 237 g/mol. The van der Waals surface area contributed by atoms with Crippen molar-refractivity contribution < 1.29 is 8.60 Å². The van der Waals surface area contributed by atoms with Crippen molar-refractivity contribution in [2.24, 2.45) is 0 Å². The second kappa shape index (κ2) is 4.50. The van der Waals surface area contributed by atoms with E-state index in [1.54, 1.807) is 12.1 Å². The minimum absolute atomic E-state index is 0.180. The molecule has 1 aliphatic heterocycles. The summed E-state index contributed by atoms with van der Waals surface area (Å²) >= 11 is 0. The van der Waals surface area contributed by atoms with Crippen LogP contribution in [-0.2, 0) is 10.8 Å². The molecular formula is C13H16FNOS. The van der Waals surface area contributed by atoms with Gasteiger partial charge in [0, 0.05) is 22.7 Å². The van der Waals surface area contributed by atoms with Crippen molar-refractivity contribution in [3.05, 3.63) is 29.6 Å². The lowest BCUT2D eigenvalue weighted by Crippen LogP contribution is -2.23. The second-order valence-electron chi connectivity index (χ2n) is 4.87. The first-order valence-corrected chi connectivity index (χ1v) is 7.50. The first kappa shape index (κ1) is 11.4. The molecule has 2 atom stereocenters. The Kier molecular flexibility index (Phi) is 3.01. The Hall–Kier alpha value is -0.740. The van der Waals surface area contributed by atoms with Crippen molar-refractivity contribution in [3.8, 4) is 0 Å². The molecule has 4 heteroatoms. The first-order chi connectivity index (χ1) is 8.24. The van der Waals surface area contributed by atoms with E-state index in [2.05, 4.69) is 5.32 Å². The Labute approximate surface area is 103 Å². The van der Waals surface area contributed by atoms with Gasteiger partial charge in [-0.05, 0) is 49.4 Å². The number of fused-ring (bicyclic) bond motifs is 1. The molecule has 1 N–H and O–H groups in total. The molecule has 1 aromatic rings. The first-order valence-electron chi connectivity index (χ1n) is 6.18. The molecule has 1 aromatic carbocycles. The van der Waals surface area contributed by atoms with Crippen LogP contribution in [0, 0.1) is 5.82 Å². The van der Waals surface area contributed by atoms with Gasteiger partial charge >= 0.3 is 0 Å². The maximum absolute atomic E-state index is 13.4. The van der Waals surface area contributed by atoms with Gasteiger partial charge in [-0.25, -0.2) is 4.39 Å². The van der Waals surface area contributed by atoms with Crippen LogP contribution >= 0.6 is 0 Å². The second-order valence-corrected chi connectivity index (χ2v) is 6.41. The normalized spacial score (nSPS) is 28.5. The van der Waals surface area contributed by atoms with Gasteiger partial charge in [0.2, 0.25) is 0 Å². The fourth-order valence-corrected chi connectivity index (χ4v) is 3.72. The monoisotopic (exact) mass is 253 g/mol. The molecule has 0 saturated heterocycles. The lowest BCUT2D eigenvalue weighted by Gasteiger charge is -2.18. The Balaban J connectivity index is 1.98. The van der Waals surface area contributed by atoms with Gasteiger partial charge in [0.1, 0.15) is 5.82 Å². The summed E-state index contributed by atoms with van der Waals surface area (Å²) in [7, 11) is -0.963. The number of rotatable bonds is 2. The molecule has 1 fully saturated rings. The van der Waals surface area contributed by atoms with Crippen LogP contribution in [0.4, 0.5) is 4.39 Å². The summed E-state index contributed by atoms with van der Waals surface area (Å²) in [5.74, 6) is 0.465. The number of halogens is 1. The maximum Gasteiger partial charge on any atom is 0.123 e. The summed E-state index contributed by atoms with van der Waals surface area (Å²) in [4.78, 5) is 0.821. The van der Waals surface area contributed by atoms with Gasteiger partial charge in [0.15, 0.2) is 0 Å². The highest BCUT2D eigenvalue weighted by atomic mass is 32.2. The van der Waals surface area contributed by atoms with E-state index in [0.29, 0.717) is 11.8 Å². The van der Waals surface area contributed by atoms with Crippen molar-refractivity contribution in [1.29, 1.82) is 0 Å². The van der Waals surface area contributed by atoms with Crippen LogP contribution < -0.4 is 5.32 Å². The molecule has 17 heavy (non-hydrogen) atoms. The van der Waals surface area contributed by atoms with Gasteiger partial charge in [-0.3, -0.25) is 4.21 Å². The quantitative estimate of drug-likeness (QED) is 0.877. The van der Waals surface area contributed by atoms with Gasteiger partial charge < -0.3 is 5.32 Å². The van der Waals surface area contributed by atoms with Crippen LogP contribution in [-0.4, -0.2) is 16.0 Å². The van der Waals surface area contributed by atoms with E-state index < -0.39 is 10.8 Å². The van der Waals surface area contributed by atoms with Crippen LogP contribution in [0.15, 0.2) is 23.1 Å².